The molecule has 0 saturated carbocycles. The van der Waals surface area contributed by atoms with Gasteiger partial charge >= 0.3 is 0 Å². The van der Waals surface area contributed by atoms with Crippen molar-refractivity contribution in [3.63, 3.8) is 0 Å². The topological polar surface area (TPSA) is 97.7 Å². The molecule has 0 spiro atoms. The highest BCUT2D eigenvalue weighted by atomic mass is 35.5. The highest BCUT2D eigenvalue weighted by molar-refractivity contribution is 7.99. The summed E-state index contributed by atoms with van der Waals surface area (Å²) in [6.07, 6.45) is 1.74. The molecule has 0 atom stereocenters. The number of halogens is 1. The van der Waals surface area contributed by atoms with Gasteiger partial charge in [-0.3, -0.25) is 14.5 Å². The summed E-state index contributed by atoms with van der Waals surface area (Å²) in [5, 5.41) is 20.8. The third-order valence-corrected chi connectivity index (χ3v) is 6.31. The lowest BCUT2D eigenvalue weighted by atomic mass is 10.2. The van der Waals surface area contributed by atoms with Gasteiger partial charge < -0.3 is 10.1 Å². The molecule has 1 amide bonds. The highest BCUT2D eigenvalue weighted by Crippen LogP contribution is 2.30. The van der Waals surface area contributed by atoms with Crippen LogP contribution < -0.4 is 10.1 Å². The lowest BCUT2D eigenvalue weighted by molar-refractivity contribution is -0.113. The number of amides is 1. The molecule has 34 heavy (non-hydrogen) atoms. The molecule has 8 nitrogen and oxygen atoms in total. The van der Waals surface area contributed by atoms with Gasteiger partial charge in [0.15, 0.2) is 11.0 Å². The second-order valence-corrected chi connectivity index (χ2v) is 8.73. The number of thioether (sulfide) groups is 1. The van der Waals surface area contributed by atoms with Crippen molar-refractivity contribution in [2.24, 2.45) is 0 Å². The number of hydrogen-bond acceptors (Lipinski definition) is 6. The molecule has 0 aliphatic rings. The van der Waals surface area contributed by atoms with Gasteiger partial charge in [-0.05, 0) is 66.7 Å². The number of rotatable bonds is 7. The number of hydrogen-bond donors (Lipinski definition) is 2. The highest BCUT2D eigenvalue weighted by Gasteiger charge is 2.18. The number of aromatic amines is 1. The monoisotopic (exact) mass is 490 g/mol. The summed E-state index contributed by atoms with van der Waals surface area (Å²) in [4.78, 5) is 12.7. The number of benzene rings is 3. The van der Waals surface area contributed by atoms with Crippen molar-refractivity contribution >= 4 is 45.9 Å². The van der Waals surface area contributed by atoms with Crippen molar-refractivity contribution < 1.29 is 9.53 Å². The van der Waals surface area contributed by atoms with Crippen molar-refractivity contribution in [2.75, 3.05) is 18.2 Å². The van der Waals surface area contributed by atoms with Crippen molar-refractivity contribution in [2.45, 2.75) is 5.16 Å². The van der Waals surface area contributed by atoms with E-state index in [-0.39, 0.29) is 11.7 Å². The Morgan fingerprint density at radius 1 is 1.09 bits per heavy atom. The third-order valence-electron chi connectivity index (χ3n) is 5.12. The normalized spacial score (nSPS) is 11.0. The second kappa shape index (κ2) is 9.58. The second-order valence-electron chi connectivity index (χ2n) is 7.36. The average molecular weight is 491 g/mol. The maximum Gasteiger partial charge on any atom is 0.234 e. The zero-order valence-electron chi connectivity index (χ0n) is 18.0. The van der Waals surface area contributed by atoms with Crippen LogP contribution in [0.5, 0.6) is 5.75 Å². The molecular formula is C24H19ClN6O2S. The number of ether oxygens (including phenoxy) is 1. The van der Waals surface area contributed by atoms with E-state index in [9.17, 15) is 4.79 Å². The van der Waals surface area contributed by atoms with Crippen molar-refractivity contribution in [1.29, 1.82) is 0 Å². The molecule has 0 aliphatic carbocycles. The fourth-order valence-corrected chi connectivity index (χ4v) is 4.33. The SMILES string of the molecule is COc1ccc(-c2nnc(SCC(=O)Nc3ccc4cn[nH]c4c3)n2-c2ccc(Cl)cc2)cc1. The van der Waals surface area contributed by atoms with E-state index in [0.717, 1.165) is 27.9 Å². The van der Waals surface area contributed by atoms with E-state index in [4.69, 9.17) is 16.3 Å². The molecule has 0 saturated heterocycles. The zero-order valence-corrected chi connectivity index (χ0v) is 19.6. The summed E-state index contributed by atoms with van der Waals surface area (Å²) in [6, 6.07) is 20.6. The van der Waals surface area contributed by atoms with Crippen LogP contribution in [0.4, 0.5) is 5.69 Å². The minimum Gasteiger partial charge on any atom is -0.497 e. The first-order chi connectivity index (χ1) is 16.6. The third kappa shape index (κ3) is 4.61. The molecule has 0 unspecified atom stereocenters. The summed E-state index contributed by atoms with van der Waals surface area (Å²) in [6.45, 7) is 0. The molecular weight excluding hydrogens is 472 g/mol. The molecule has 170 valence electrons. The van der Waals surface area contributed by atoms with Crippen LogP contribution >= 0.6 is 23.4 Å². The van der Waals surface area contributed by atoms with Crippen LogP contribution in [0, 0.1) is 0 Å². The quantitative estimate of drug-likeness (QED) is 0.304. The van der Waals surface area contributed by atoms with Gasteiger partial charge in [0.1, 0.15) is 5.75 Å². The van der Waals surface area contributed by atoms with Gasteiger partial charge in [0.25, 0.3) is 0 Å². The Morgan fingerprint density at radius 2 is 1.88 bits per heavy atom. The van der Waals surface area contributed by atoms with Crippen molar-refractivity contribution in [3.8, 4) is 22.8 Å². The lowest BCUT2D eigenvalue weighted by Gasteiger charge is -2.11. The molecule has 10 heteroatoms. The number of nitrogens with one attached hydrogen (secondary N) is 2. The first-order valence-electron chi connectivity index (χ1n) is 10.3. The Balaban J connectivity index is 1.39. The maximum atomic E-state index is 12.7. The predicted octanol–water partition coefficient (Wildman–Crippen LogP) is 5.20. The van der Waals surface area contributed by atoms with E-state index in [1.807, 2.05) is 59.2 Å². The van der Waals surface area contributed by atoms with Crippen LogP contribution in [-0.2, 0) is 4.79 Å². The minimum absolute atomic E-state index is 0.152. The Kier molecular flexibility index (Phi) is 6.20. The van der Waals surface area contributed by atoms with Crippen LogP contribution in [0.25, 0.3) is 28.0 Å². The van der Waals surface area contributed by atoms with Crippen LogP contribution in [0.3, 0.4) is 0 Å². The molecule has 0 bridgehead atoms. The van der Waals surface area contributed by atoms with E-state index in [1.165, 1.54) is 11.8 Å². The van der Waals surface area contributed by atoms with E-state index >= 15 is 0 Å². The van der Waals surface area contributed by atoms with Crippen LogP contribution in [0.1, 0.15) is 0 Å². The number of aromatic nitrogens is 5. The molecule has 5 rings (SSSR count). The van der Waals surface area contributed by atoms with Gasteiger partial charge in [0, 0.05) is 27.3 Å². The van der Waals surface area contributed by atoms with E-state index in [2.05, 4.69) is 25.7 Å². The van der Waals surface area contributed by atoms with Crippen LogP contribution in [0.2, 0.25) is 5.02 Å². The maximum absolute atomic E-state index is 12.7. The van der Waals surface area contributed by atoms with Crippen molar-refractivity contribution in [3.05, 3.63) is 77.9 Å². The molecule has 0 aliphatic heterocycles. The predicted molar refractivity (Wildman–Crippen MR) is 134 cm³/mol. The first-order valence-corrected chi connectivity index (χ1v) is 11.7. The van der Waals surface area contributed by atoms with E-state index in [1.54, 1.807) is 25.4 Å². The molecule has 0 radical (unpaired) electrons. The van der Waals surface area contributed by atoms with Gasteiger partial charge in [-0.2, -0.15) is 5.10 Å². The molecule has 2 N–H and O–H groups in total. The fraction of sp³-hybridized carbons (Fsp3) is 0.0833. The Labute approximate surface area is 204 Å². The largest absolute Gasteiger partial charge is 0.497 e. The summed E-state index contributed by atoms with van der Waals surface area (Å²) in [5.74, 6) is 1.41. The molecule has 2 heterocycles. The summed E-state index contributed by atoms with van der Waals surface area (Å²) in [5.41, 5.74) is 3.26. The van der Waals surface area contributed by atoms with E-state index in [0.29, 0.717) is 21.7 Å². The molecule has 2 aromatic heterocycles. The number of methoxy groups -OCH3 is 1. The standard InChI is InChI=1S/C24H19ClN6O2S/c1-33-20-10-3-15(4-11-20)23-29-30-24(31(23)19-8-5-17(25)6-9-19)34-14-22(32)27-18-7-2-16-13-26-28-21(16)12-18/h2-13H,14H2,1H3,(H,26,28)(H,27,32). The number of carbonyl (C=O) groups is 1. The number of anilines is 1. The molecule has 0 fully saturated rings. The number of H-pyrrole nitrogens is 1. The van der Waals surface area contributed by atoms with Gasteiger partial charge in [0.05, 0.1) is 24.6 Å². The van der Waals surface area contributed by atoms with E-state index < -0.39 is 0 Å². The molecule has 5 aromatic rings. The Hall–Kier alpha value is -3.82. The number of fused-ring (bicyclic) bond motifs is 1. The Morgan fingerprint density at radius 3 is 2.65 bits per heavy atom. The average Bonchev–Trinajstić information content (AvgIpc) is 3.50. The Bertz CT molecular complexity index is 1450. The zero-order chi connectivity index (χ0) is 23.5. The fourth-order valence-electron chi connectivity index (χ4n) is 3.46. The van der Waals surface area contributed by atoms with Gasteiger partial charge in [-0.1, -0.05) is 23.4 Å². The first kappa shape index (κ1) is 22.0. The smallest absolute Gasteiger partial charge is 0.234 e. The van der Waals surface area contributed by atoms with Crippen molar-refractivity contribution in [1.82, 2.24) is 25.0 Å². The number of carbonyl (C=O) groups excluding carboxylic acids is 1. The van der Waals surface area contributed by atoms with Crippen LogP contribution in [-0.4, -0.2) is 43.7 Å². The minimum atomic E-state index is -0.152. The van der Waals surface area contributed by atoms with Gasteiger partial charge in [0.2, 0.25) is 5.91 Å². The van der Waals surface area contributed by atoms with Gasteiger partial charge in [-0.25, -0.2) is 0 Å². The summed E-state index contributed by atoms with van der Waals surface area (Å²) < 4.78 is 7.17. The summed E-state index contributed by atoms with van der Waals surface area (Å²) in [7, 11) is 1.62. The van der Waals surface area contributed by atoms with Crippen LogP contribution in [0.15, 0.2) is 78.1 Å². The summed E-state index contributed by atoms with van der Waals surface area (Å²) >= 11 is 7.39. The lowest BCUT2D eigenvalue weighted by Crippen LogP contribution is -2.14. The van der Waals surface area contributed by atoms with Gasteiger partial charge in [-0.15, -0.1) is 10.2 Å². The molecule has 3 aromatic carbocycles. The number of nitrogens with zero attached hydrogens (tertiary/aromatic N) is 4.